The zero-order valence-electron chi connectivity index (χ0n) is 16.1. The van der Waals surface area contributed by atoms with Crippen LogP contribution in [0.2, 0.25) is 0 Å². The van der Waals surface area contributed by atoms with Crippen molar-refractivity contribution in [1.82, 2.24) is 5.32 Å². The fourth-order valence-corrected chi connectivity index (χ4v) is 2.56. The summed E-state index contributed by atoms with van der Waals surface area (Å²) in [6.07, 6.45) is -0.548. The standard InChI is InChI=1S/C22H29NO2/c1-15-7-9-18(10-8-15)16(2)23-21(24)17(3)25-20-13-11-19(12-14-20)22(4,5)6/h7-14,16-17H,1-6H3,(H,23,24). The summed E-state index contributed by atoms with van der Waals surface area (Å²) >= 11 is 0. The highest BCUT2D eigenvalue weighted by atomic mass is 16.5. The van der Waals surface area contributed by atoms with Crippen LogP contribution in [0.4, 0.5) is 0 Å². The average molecular weight is 339 g/mol. The molecule has 0 spiro atoms. The molecule has 2 rings (SSSR count). The topological polar surface area (TPSA) is 38.3 Å². The molecule has 0 aliphatic heterocycles. The van der Waals surface area contributed by atoms with E-state index in [9.17, 15) is 4.79 Å². The largest absolute Gasteiger partial charge is 0.481 e. The minimum atomic E-state index is -0.548. The van der Waals surface area contributed by atoms with Crippen molar-refractivity contribution in [2.45, 2.75) is 59.1 Å². The summed E-state index contributed by atoms with van der Waals surface area (Å²) in [5.74, 6) is 0.589. The van der Waals surface area contributed by atoms with Crippen molar-refractivity contribution in [3.05, 3.63) is 65.2 Å². The van der Waals surface area contributed by atoms with Gasteiger partial charge in [0.05, 0.1) is 6.04 Å². The Hall–Kier alpha value is -2.29. The number of ether oxygens (including phenoxy) is 1. The minimum Gasteiger partial charge on any atom is -0.481 e. The molecule has 0 saturated heterocycles. The Kier molecular flexibility index (Phi) is 5.89. The number of aryl methyl sites for hydroxylation is 1. The fraction of sp³-hybridized carbons (Fsp3) is 0.409. The van der Waals surface area contributed by atoms with Gasteiger partial charge in [-0.05, 0) is 49.4 Å². The number of carbonyl (C=O) groups is 1. The molecule has 25 heavy (non-hydrogen) atoms. The first-order valence-electron chi connectivity index (χ1n) is 8.81. The molecule has 0 bridgehead atoms. The van der Waals surface area contributed by atoms with Gasteiger partial charge in [0, 0.05) is 0 Å². The van der Waals surface area contributed by atoms with E-state index in [1.165, 1.54) is 11.1 Å². The molecule has 0 aliphatic rings. The van der Waals surface area contributed by atoms with E-state index in [4.69, 9.17) is 4.74 Å². The zero-order valence-corrected chi connectivity index (χ0v) is 16.1. The second-order valence-electron chi connectivity index (χ2n) is 7.68. The van der Waals surface area contributed by atoms with Crippen LogP contribution in [0.25, 0.3) is 0 Å². The third-order valence-corrected chi connectivity index (χ3v) is 4.34. The highest BCUT2D eigenvalue weighted by molar-refractivity contribution is 5.81. The van der Waals surface area contributed by atoms with E-state index in [0.717, 1.165) is 5.56 Å². The van der Waals surface area contributed by atoms with Gasteiger partial charge in [-0.1, -0.05) is 62.7 Å². The predicted octanol–water partition coefficient (Wildman–Crippen LogP) is 4.94. The van der Waals surface area contributed by atoms with E-state index < -0.39 is 6.10 Å². The molecule has 2 aromatic carbocycles. The molecule has 134 valence electrons. The van der Waals surface area contributed by atoms with Crippen molar-refractivity contribution in [3.8, 4) is 5.75 Å². The molecule has 3 heteroatoms. The van der Waals surface area contributed by atoms with E-state index in [2.05, 4.69) is 50.4 Å². The van der Waals surface area contributed by atoms with Gasteiger partial charge in [-0.2, -0.15) is 0 Å². The smallest absolute Gasteiger partial charge is 0.261 e. The molecule has 2 atom stereocenters. The number of hydrogen-bond donors (Lipinski definition) is 1. The molecular weight excluding hydrogens is 310 g/mol. The molecule has 3 nitrogen and oxygen atoms in total. The van der Waals surface area contributed by atoms with Crippen molar-refractivity contribution in [1.29, 1.82) is 0 Å². The average Bonchev–Trinajstić information content (AvgIpc) is 2.55. The molecule has 1 N–H and O–H groups in total. The first-order chi connectivity index (χ1) is 11.7. The number of hydrogen-bond acceptors (Lipinski definition) is 2. The lowest BCUT2D eigenvalue weighted by Crippen LogP contribution is -2.37. The van der Waals surface area contributed by atoms with Crippen LogP contribution >= 0.6 is 0 Å². The molecule has 1 amide bonds. The van der Waals surface area contributed by atoms with Gasteiger partial charge in [0.2, 0.25) is 0 Å². The Balaban J connectivity index is 1.94. The number of amides is 1. The van der Waals surface area contributed by atoms with Gasteiger partial charge in [-0.15, -0.1) is 0 Å². The van der Waals surface area contributed by atoms with Crippen LogP contribution in [0.5, 0.6) is 5.75 Å². The maximum Gasteiger partial charge on any atom is 0.261 e. The van der Waals surface area contributed by atoms with Gasteiger partial charge in [0.25, 0.3) is 5.91 Å². The Morgan fingerprint density at radius 2 is 1.52 bits per heavy atom. The summed E-state index contributed by atoms with van der Waals surface area (Å²) in [4.78, 5) is 12.4. The predicted molar refractivity (Wildman–Crippen MR) is 103 cm³/mol. The molecule has 0 heterocycles. The third-order valence-electron chi connectivity index (χ3n) is 4.34. The Labute approximate surface area is 151 Å². The number of nitrogens with one attached hydrogen (secondary N) is 1. The van der Waals surface area contributed by atoms with E-state index in [1.54, 1.807) is 6.92 Å². The first kappa shape index (κ1) is 19.0. The zero-order chi connectivity index (χ0) is 18.6. The highest BCUT2D eigenvalue weighted by Gasteiger charge is 2.18. The molecule has 0 saturated carbocycles. The second kappa shape index (κ2) is 7.73. The van der Waals surface area contributed by atoms with E-state index >= 15 is 0 Å². The quantitative estimate of drug-likeness (QED) is 0.838. The normalized spacial score (nSPS) is 13.8. The Morgan fingerprint density at radius 3 is 2.04 bits per heavy atom. The van der Waals surface area contributed by atoms with Crippen molar-refractivity contribution in [2.75, 3.05) is 0 Å². The molecular formula is C22H29NO2. The number of rotatable bonds is 5. The fourth-order valence-electron chi connectivity index (χ4n) is 2.56. The molecule has 2 aromatic rings. The lowest BCUT2D eigenvalue weighted by molar-refractivity contribution is -0.127. The summed E-state index contributed by atoms with van der Waals surface area (Å²) in [5, 5.41) is 3.01. The summed E-state index contributed by atoms with van der Waals surface area (Å²) in [6, 6.07) is 16.1. The highest BCUT2D eigenvalue weighted by Crippen LogP contribution is 2.24. The Morgan fingerprint density at radius 1 is 0.960 bits per heavy atom. The van der Waals surface area contributed by atoms with Gasteiger partial charge in [-0.25, -0.2) is 0 Å². The van der Waals surface area contributed by atoms with Crippen LogP contribution in [0.1, 0.15) is 57.4 Å². The van der Waals surface area contributed by atoms with Crippen LogP contribution in [-0.2, 0) is 10.2 Å². The molecule has 2 unspecified atom stereocenters. The lowest BCUT2D eigenvalue weighted by atomic mass is 9.87. The summed E-state index contributed by atoms with van der Waals surface area (Å²) < 4.78 is 5.79. The molecule has 0 fully saturated rings. The van der Waals surface area contributed by atoms with Crippen molar-refractivity contribution >= 4 is 5.91 Å². The van der Waals surface area contributed by atoms with E-state index in [1.807, 2.05) is 38.1 Å². The van der Waals surface area contributed by atoms with Crippen LogP contribution in [0.15, 0.2) is 48.5 Å². The van der Waals surface area contributed by atoms with Crippen molar-refractivity contribution in [2.24, 2.45) is 0 Å². The lowest BCUT2D eigenvalue weighted by Gasteiger charge is -2.21. The molecule has 0 aliphatic carbocycles. The number of benzene rings is 2. The van der Waals surface area contributed by atoms with Gasteiger partial charge < -0.3 is 10.1 Å². The third kappa shape index (κ3) is 5.35. The summed E-state index contributed by atoms with van der Waals surface area (Å²) in [5.41, 5.74) is 3.63. The van der Waals surface area contributed by atoms with Gasteiger partial charge in [-0.3, -0.25) is 4.79 Å². The van der Waals surface area contributed by atoms with Crippen molar-refractivity contribution < 1.29 is 9.53 Å². The van der Waals surface area contributed by atoms with Crippen LogP contribution in [-0.4, -0.2) is 12.0 Å². The summed E-state index contributed by atoms with van der Waals surface area (Å²) in [7, 11) is 0. The van der Waals surface area contributed by atoms with Crippen LogP contribution in [0.3, 0.4) is 0 Å². The van der Waals surface area contributed by atoms with Crippen LogP contribution in [0, 0.1) is 6.92 Å². The maximum absolute atomic E-state index is 12.4. The van der Waals surface area contributed by atoms with Gasteiger partial charge >= 0.3 is 0 Å². The minimum absolute atomic E-state index is 0.0533. The number of carbonyl (C=O) groups excluding carboxylic acids is 1. The second-order valence-corrected chi connectivity index (χ2v) is 7.68. The first-order valence-corrected chi connectivity index (χ1v) is 8.81. The molecule has 0 radical (unpaired) electrons. The van der Waals surface area contributed by atoms with Crippen molar-refractivity contribution in [3.63, 3.8) is 0 Å². The van der Waals surface area contributed by atoms with Gasteiger partial charge in [0.15, 0.2) is 6.10 Å². The van der Waals surface area contributed by atoms with E-state index in [0.29, 0.717) is 5.75 Å². The molecule has 0 aromatic heterocycles. The Bertz CT molecular complexity index is 696. The SMILES string of the molecule is Cc1ccc(C(C)NC(=O)C(C)Oc2ccc(C(C)(C)C)cc2)cc1. The van der Waals surface area contributed by atoms with Gasteiger partial charge in [0.1, 0.15) is 5.75 Å². The maximum atomic E-state index is 12.4. The van der Waals surface area contributed by atoms with E-state index in [-0.39, 0.29) is 17.4 Å². The monoisotopic (exact) mass is 339 g/mol. The van der Waals surface area contributed by atoms with Crippen LogP contribution < -0.4 is 10.1 Å². The summed E-state index contributed by atoms with van der Waals surface area (Å²) in [6.45, 7) is 12.3.